The normalized spacial score (nSPS) is 11.9. The number of fused-ring (bicyclic) bond motifs is 1. The Labute approximate surface area is 139 Å². The van der Waals surface area contributed by atoms with E-state index in [1.807, 2.05) is 30.5 Å². The first-order chi connectivity index (χ1) is 11.0. The Balaban J connectivity index is 2.41. The largest absolute Gasteiger partial charge is 0.466 e. The van der Waals surface area contributed by atoms with Crippen molar-refractivity contribution < 1.29 is 14.3 Å². The summed E-state index contributed by atoms with van der Waals surface area (Å²) in [6.07, 6.45) is 1.48. The second-order valence-electron chi connectivity index (χ2n) is 5.32. The van der Waals surface area contributed by atoms with E-state index in [-0.39, 0.29) is 18.3 Å². The molecule has 0 radical (unpaired) electrons. The molecule has 0 atom stereocenters. The molecule has 0 unspecified atom stereocenters. The molecule has 1 heterocycles. The molecule has 23 heavy (non-hydrogen) atoms. The molecule has 0 fully saturated rings. The molecule has 0 aliphatic rings. The molecule has 1 aromatic heterocycles. The molecule has 0 aliphatic carbocycles. The zero-order valence-electron chi connectivity index (χ0n) is 13.8. The van der Waals surface area contributed by atoms with Gasteiger partial charge >= 0.3 is 5.97 Å². The van der Waals surface area contributed by atoms with Gasteiger partial charge in [-0.05, 0) is 38.0 Å². The minimum absolute atomic E-state index is 0.124. The number of ether oxygens (including phenoxy) is 1. The molecule has 2 rings (SSSR count). The van der Waals surface area contributed by atoms with Crippen LogP contribution in [-0.4, -0.2) is 23.1 Å². The molecule has 0 N–H and O–H groups in total. The van der Waals surface area contributed by atoms with Gasteiger partial charge in [0.25, 0.3) is 0 Å². The van der Waals surface area contributed by atoms with E-state index in [2.05, 4.69) is 11.1 Å². The molecule has 1 amide bonds. The fraction of sp³-hybridized carbons (Fsp3) is 0.471. The predicted molar refractivity (Wildman–Crippen MR) is 91.3 cm³/mol. The third kappa shape index (κ3) is 4.51. The summed E-state index contributed by atoms with van der Waals surface area (Å²) in [4.78, 5) is 28.4. The van der Waals surface area contributed by atoms with Gasteiger partial charge in [0.15, 0.2) is 4.80 Å². The van der Waals surface area contributed by atoms with E-state index < -0.39 is 0 Å². The lowest BCUT2D eigenvalue weighted by molar-refractivity contribution is -0.143. The summed E-state index contributed by atoms with van der Waals surface area (Å²) in [5, 5.41) is 0. The van der Waals surface area contributed by atoms with Gasteiger partial charge in [0.1, 0.15) is 0 Å². The number of esters is 1. The maximum absolute atomic E-state index is 11.9. The van der Waals surface area contributed by atoms with Crippen LogP contribution in [0.2, 0.25) is 0 Å². The molecule has 1 aromatic carbocycles. The van der Waals surface area contributed by atoms with Crippen molar-refractivity contribution in [1.29, 1.82) is 0 Å². The summed E-state index contributed by atoms with van der Waals surface area (Å²) in [7, 11) is 0. The zero-order valence-corrected chi connectivity index (χ0v) is 14.6. The molecule has 2 aromatic rings. The third-order valence-corrected chi connectivity index (χ3v) is 4.41. The highest BCUT2D eigenvalue weighted by Crippen LogP contribution is 2.19. The van der Waals surface area contributed by atoms with Crippen LogP contribution in [-0.2, 0) is 20.9 Å². The Hall–Kier alpha value is -1.95. The first-order valence-electron chi connectivity index (χ1n) is 7.88. The molecule has 6 heteroatoms. The summed E-state index contributed by atoms with van der Waals surface area (Å²) in [5.41, 5.74) is 2.15. The van der Waals surface area contributed by atoms with Gasteiger partial charge < -0.3 is 9.30 Å². The highest BCUT2D eigenvalue weighted by atomic mass is 32.1. The van der Waals surface area contributed by atoms with E-state index in [9.17, 15) is 9.59 Å². The molecule has 0 saturated heterocycles. The monoisotopic (exact) mass is 334 g/mol. The number of hydrogen-bond donors (Lipinski definition) is 0. The first kappa shape index (κ1) is 17.4. The highest BCUT2D eigenvalue weighted by molar-refractivity contribution is 7.16. The average molecular weight is 334 g/mol. The summed E-state index contributed by atoms with van der Waals surface area (Å²) in [6.45, 7) is 6.61. The van der Waals surface area contributed by atoms with Crippen molar-refractivity contribution in [2.45, 2.75) is 46.6 Å². The summed E-state index contributed by atoms with van der Waals surface area (Å²) in [5.74, 6) is -0.363. The van der Waals surface area contributed by atoms with Crippen LogP contribution in [0, 0.1) is 6.92 Å². The lowest BCUT2D eigenvalue weighted by Crippen LogP contribution is -2.19. The van der Waals surface area contributed by atoms with Gasteiger partial charge in [-0.15, -0.1) is 0 Å². The van der Waals surface area contributed by atoms with E-state index in [0.717, 1.165) is 22.2 Å². The number of nitrogens with zero attached hydrogens (tertiary/aromatic N) is 2. The molecule has 0 aliphatic heterocycles. The minimum Gasteiger partial charge on any atom is -0.466 e. The number of amides is 1. The molecule has 0 saturated carbocycles. The van der Waals surface area contributed by atoms with Crippen LogP contribution in [0.1, 0.15) is 38.7 Å². The average Bonchev–Trinajstić information content (AvgIpc) is 2.81. The number of benzene rings is 1. The first-order valence-corrected chi connectivity index (χ1v) is 8.70. The zero-order chi connectivity index (χ0) is 16.8. The Morgan fingerprint density at radius 1 is 1.26 bits per heavy atom. The van der Waals surface area contributed by atoms with Crippen molar-refractivity contribution in [3.63, 3.8) is 0 Å². The maximum Gasteiger partial charge on any atom is 0.307 e. The maximum atomic E-state index is 11.9. The van der Waals surface area contributed by atoms with E-state index in [1.54, 1.807) is 6.92 Å². The SMILES string of the molecule is CCCC(=O)N=c1sc2cc(C)ccc2n1CCC(=O)OCC. The van der Waals surface area contributed by atoms with Crippen molar-refractivity contribution in [3.05, 3.63) is 28.6 Å². The van der Waals surface area contributed by atoms with Gasteiger partial charge in [-0.1, -0.05) is 24.3 Å². The number of carbonyl (C=O) groups excluding carboxylic acids is 2. The molecule has 124 valence electrons. The summed E-state index contributed by atoms with van der Waals surface area (Å²) in [6, 6.07) is 6.10. The van der Waals surface area contributed by atoms with E-state index in [0.29, 0.717) is 24.4 Å². The van der Waals surface area contributed by atoms with Gasteiger partial charge in [-0.3, -0.25) is 9.59 Å². The minimum atomic E-state index is -0.239. The van der Waals surface area contributed by atoms with Gasteiger partial charge in [0, 0.05) is 13.0 Å². The van der Waals surface area contributed by atoms with Crippen molar-refractivity contribution in [2.75, 3.05) is 6.61 Å². The second-order valence-corrected chi connectivity index (χ2v) is 6.33. The molecular weight excluding hydrogens is 312 g/mol. The predicted octanol–water partition coefficient (Wildman–Crippen LogP) is 3.19. The van der Waals surface area contributed by atoms with Crippen LogP contribution in [0.4, 0.5) is 0 Å². The summed E-state index contributed by atoms with van der Waals surface area (Å²) < 4.78 is 7.99. The van der Waals surface area contributed by atoms with Crippen LogP contribution in [0.15, 0.2) is 23.2 Å². The Morgan fingerprint density at radius 3 is 2.74 bits per heavy atom. The molecule has 5 nitrogen and oxygen atoms in total. The lowest BCUT2D eigenvalue weighted by atomic mass is 10.2. The van der Waals surface area contributed by atoms with Crippen molar-refractivity contribution in [3.8, 4) is 0 Å². The Kier molecular flexibility index (Phi) is 6.10. The molecular formula is C17H22N2O3S. The number of thiazole rings is 1. The number of aromatic nitrogens is 1. The fourth-order valence-corrected chi connectivity index (χ4v) is 3.47. The fourth-order valence-electron chi connectivity index (χ4n) is 2.29. The van der Waals surface area contributed by atoms with Crippen LogP contribution < -0.4 is 4.80 Å². The summed E-state index contributed by atoms with van der Waals surface area (Å²) >= 11 is 1.48. The Morgan fingerprint density at radius 2 is 2.04 bits per heavy atom. The second kappa shape index (κ2) is 8.06. The van der Waals surface area contributed by atoms with Crippen LogP contribution in [0.3, 0.4) is 0 Å². The van der Waals surface area contributed by atoms with Gasteiger partial charge in [-0.2, -0.15) is 4.99 Å². The van der Waals surface area contributed by atoms with Crippen LogP contribution in [0.5, 0.6) is 0 Å². The van der Waals surface area contributed by atoms with E-state index >= 15 is 0 Å². The smallest absolute Gasteiger partial charge is 0.307 e. The van der Waals surface area contributed by atoms with Crippen molar-refractivity contribution >= 4 is 33.4 Å². The van der Waals surface area contributed by atoms with Gasteiger partial charge in [-0.25, -0.2) is 0 Å². The standard InChI is InChI=1S/C17H22N2O3S/c1-4-6-15(20)18-17-19(10-9-16(21)22-5-2)13-8-7-12(3)11-14(13)23-17/h7-8,11H,4-6,9-10H2,1-3H3. The number of carbonyl (C=O) groups is 2. The third-order valence-electron chi connectivity index (χ3n) is 3.37. The van der Waals surface area contributed by atoms with E-state index in [4.69, 9.17) is 4.74 Å². The van der Waals surface area contributed by atoms with Crippen molar-refractivity contribution in [1.82, 2.24) is 4.57 Å². The lowest BCUT2D eigenvalue weighted by Gasteiger charge is -2.05. The molecule has 0 bridgehead atoms. The quantitative estimate of drug-likeness (QED) is 0.762. The van der Waals surface area contributed by atoms with Crippen molar-refractivity contribution in [2.24, 2.45) is 4.99 Å². The van der Waals surface area contributed by atoms with E-state index in [1.165, 1.54) is 11.3 Å². The number of rotatable bonds is 6. The topological polar surface area (TPSA) is 60.7 Å². The number of aryl methyl sites for hydroxylation is 2. The van der Waals surface area contributed by atoms with Crippen LogP contribution in [0.25, 0.3) is 10.2 Å². The highest BCUT2D eigenvalue weighted by Gasteiger charge is 2.10. The number of hydrogen-bond acceptors (Lipinski definition) is 4. The molecule has 0 spiro atoms. The Bertz CT molecular complexity index is 774. The van der Waals surface area contributed by atoms with Crippen LogP contribution >= 0.6 is 11.3 Å². The van der Waals surface area contributed by atoms with Gasteiger partial charge in [0.05, 0.1) is 23.2 Å². The van der Waals surface area contributed by atoms with Gasteiger partial charge in [0.2, 0.25) is 5.91 Å².